The minimum atomic E-state index is 0.0752. The smallest absolute Gasteiger partial charge is 0.266 e. The molecule has 0 amide bonds. The van der Waals surface area contributed by atoms with Crippen LogP contribution in [0.2, 0.25) is 0 Å². The predicted octanol–water partition coefficient (Wildman–Crippen LogP) is 0.148. The zero-order valence-corrected chi connectivity index (χ0v) is 8.08. The number of nitrogens with one attached hydrogen (secondary N) is 1. The van der Waals surface area contributed by atoms with Crippen molar-refractivity contribution in [2.45, 2.75) is 18.9 Å². The molecule has 1 saturated heterocycles. The number of rotatable bonds is 1. The molecule has 0 aliphatic carbocycles. The highest BCUT2D eigenvalue weighted by Crippen LogP contribution is 2.21. The Hall–Kier alpha value is -1.03. The summed E-state index contributed by atoms with van der Waals surface area (Å²) in [5.74, 6) is 0. The lowest BCUT2D eigenvalue weighted by Gasteiger charge is -2.11. The number of nitrogens with zero attached hydrogens (tertiary/aromatic N) is 2. The Morgan fingerprint density at radius 3 is 2.69 bits per heavy atom. The van der Waals surface area contributed by atoms with Crippen molar-refractivity contribution in [1.82, 2.24) is 14.7 Å². The Morgan fingerprint density at radius 2 is 2.23 bits per heavy atom. The summed E-state index contributed by atoms with van der Waals surface area (Å²) in [6, 6.07) is 2.10. The van der Waals surface area contributed by atoms with E-state index in [1.54, 1.807) is 17.8 Å². The molecule has 4 heteroatoms. The summed E-state index contributed by atoms with van der Waals surface area (Å²) in [4.78, 5) is 11.3. The van der Waals surface area contributed by atoms with Gasteiger partial charge in [-0.25, -0.2) is 0 Å². The van der Waals surface area contributed by atoms with E-state index in [0.717, 1.165) is 18.7 Å². The van der Waals surface area contributed by atoms with Gasteiger partial charge in [0.25, 0.3) is 5.56 Å². The van der Waals surface area contributed by atoms with Crippen molar-refractivity contribution < 1.29 is 0 Å². The number of hydrogen-bond donors (Lipinski definition) is 1. The van der Waals surface area contributed by atoms with Gasteiger partial charge in [0, 0.05) is 26.2 Å². The summed E-state index contributed by atoms with van der Waals surface area (Å²) in [6.45, 7) is 1.06. The van der Waals surface area contributed by atoms with Crippen molar-refractivity contribution in [3.8, 4) is 0 Å². The summed E-state index contributed by atoms with van der Waals surface area (Å²) in [7, 11) is 3.72. The van der Waals surface area contributed by atoms with Crippen LogP contribution in [-0.4, -0.2) is 15.9 Å². The molecule has 13 heavy (non-hydrogen) atoms. The van der Waals surface area contributed by atoms with Crippen LogP contribution in [0.5, 0.6) is 0 Å². The lowest BCUT2D eigenvalue weighted by Crippen LogP contribution is -2.20. The second-order valence-electron chi connectivity index (χ2n) is 3.60. The van der Waals surface area contributed by atoms with E-state index in [0.29, 0.717) is 6.04 Å². The Bertz CT molecular complexity index is 357. The maximum atomic E-state index is 11.3. The number of hydrogen-bond acceptors (Lipinski definition) is 2. The van der Waals surface area contributed by atoms with Gasteiger partial charge in [-0.15, -0.1) is 0 Å². The fourth-order valence-corrected chi connectivity index (χ4v) is 1.90. The standard InChI is InChI=1S/C9H15N3O/c1-11-8(6-9(13)12(11)2)7-4-3-5-10-7/h6-7,10H,3-5H2,1-2H3/t7-/m0/s1. The molecule has 2 heterocycles. The Labute approximate surface area is 77.1 Å². The molecule has 1 aliphatic heterocycles. The van der Waals surface area contributed by atoms with Crippen LogP contribution in [0, 0.1) is 0 Å². The van der Waals surface area contributed by atoms with E-state index in [2.05, 4.69) is 5.32 Å². The minimum absolute atomic E-state index is 0.0752. The molecule has 1 aliphatic rings. The zero-order valence-electron chi connectivity index (χ0n) is 8.08. The molecule has 0 saturated carbocycles. The predicted molar refractivity (Wildman–Crippen MR) is 50.6 cm³/mol. The molecule has 1 aromatic heterocycles. The van der Waals surface area contributed by atoms with Gasteiger partial charge in [0.15, 0.2) is 0 Å². The zero-order chi connectivity index (χ0) is 9.42. The maximum Gasteiger partial charge on any atom is 0.266 e. The largest absolute Gasteiger partial charge is 0.309 e. The van der Waals surface area contributed by atoms with Gasteiger partial charge in [0.1, 0.15) is 0 Å². The first-order valence-corrected chi connectivity index (χ1v) is 4.66. The molecule has 1 aromatic rings. The summed E-state index contributed by atoms with van der Waals surface area (Å²) in [5, 5.41) is 3.38. The van der Waals surface area contributed by atoms with E-state index in [9.17, 15) is 4.79 Å². The summed E-state index contributed by atoms with van der Waals surface area (Å²) < 4.78 is 3.56. The van der Waals surface area contributed by atoms with E-state index in [1.807, 2.05) is 11.7 Å². The van der Waals surface area contributed by atoms with Crippen LogP contribution in [0.25, 0.3) is 0 Å². The Kier molecular flexibility index (Phi) is 2.00. The van der Waals surface area contributed by atoms with Crippen LogP contribution >= 0.6 is 0 Å². The van der Waals surface area contributed by atoms with Crippen LogP contribution < -0.4 is 10.9 Å². The first kappa shape index (κ1) is 8.56. The van der Waals surface area contributed by atoms with E-state index >= 15 is 0 Å². The fourth-order valence-electron chi connectivity index (χ4n) is 1.90. The summed E-state index contributed by atoms with van der Waals surface area (Å²) >= 11 is 0. The van der Waals surface area contributed by atoms with E-state index in [4.69, 9.17) is 0 Å². The SMILES string of the molecule is Cn1c([C@@H]2CCCN2)cc(=O)n1C. The average Bonchev–Trinajstić information content (AvgIpc) is 2.70. The quantitative estimate of drug-likeness (QED) is 0.669. The molecule has 4 nitrogen and oxygen atoms in total. The van der Waals surface area contributed by atoms with E-state index in [-0.39, 0.29) is 5.56 Å². The van der Waals surface area contributed by atoms with Gasteiger partial charge in [0.05, 0.1) is 5.69 Å². The topological polar surface area (TPSA) is 39.0 Å². The normalized spacial score (nSPS) is 22.5. The summed E-state index contributed by atoms with van der Waals surface area (Å²) in [6.07, 6.45) is 2.34. The second-order valence-corrected chi connectivity index (χ2v) is 3.60. The monoisotopic (exact) mass is 181 g/mol. The third kappa shape index (κ3) is 1.31. The third-order valence-electron chi connectivity index (χ3n) is 2.83. The van der Waals surface area contributed by atoms with Crippen LogP contribution in [-0.2, 0) is 14.1 Å². The molecular formula is C9H15N3O. The first-order valence-electron chi connectivity index (χ1n) is 4.66. The molecule has 0 spiro atoms. The van der Waals surface area contributed by atoms with E-state index < -0.39 is 0 Å². The highest BCUT2D eigenvalue weighted by molar-refractivity contribution is 5.09. The molecule has 0 unspecified atom stereocenters. The van der Waals surface area contributed by atoms with Gasteiger partial charge in [-0.3, -0.25) is 14.2 Å². The highest BCUT2D eigenvalue weighted by Gasteiger charge is 2.20. The molecule has 1 atom stereocenters. The Balaban J connectivity index is 2.39. The van der Waals surface area contributed by atoms with Crippen molar-refractivity contribution in [2.75, 3.05) is 6.54 Å². The molecule has 72 valence electrons. The van der Waals surface area contributed by atoms with Crippen LogP contribution in [0.1, 0.15) is 24.6 Å². The third-order valence-corrected chi connectivity index (χ3v) is 2.83. The molecule has 0 aromatic carbocycles. The minimum Gasteiger partial charge on any atom is -0.309 e. The van der Waals surface area contributed by atoms with Crippen molar-refractivity contribution in [3.63, 3.8) is 0 Å². The molecule has 2 rings (SSSR count). The van der Waals surface area contributed by atoms with Crippen LogP contribution in [0.4, 0.5) is 0 Å². The molecule has 0 radical (unpaired) electrons. The molecule has 1 fully saturated rings. The van der Waals surface area contributed by atoms with Gasteiger partial charge in [-0.2, -0.15) is 0 Å². The average molecular weight is 181 g/mol. The van der Waals surface area contributed by atoms with Crippen LogP contribution in [0.3, 0.4) is 0 Å². The molecular weight excluding hydrogens is 166 g/mol. The first-order chi connectivity index (χ1) is 6.20. The summed E-state index contributed by atoms with van der Waals surface area (Å²) in [5.41, 5.74) is 1.18. The van der Waals surface area contributed by atoms with Gasteiger partial charge < -0.3 is 5.32 Å². The van der Waals surface area contributed by atoms with Gasteiger partial charge in [0.2, 0.25) is 0 Å². The van der Waals surface area contributed by atoms with Crippen molar-refractivity contribution >= 4 is 0 Å². The van der Waals surface area contributed by atoms with Gasteiger partial charge in [-0.05, 0) is 19.4 Å². The molecule has 0 bridgehead atoms. The van der Waals surface area contributed by atoms with Gasteiger partial charge >= 0.3 is 0 Å². The van der Waals surface area contributed by atoms with Crippen LogP contribution in [0.15, 0.2) is 10.9 Å². The van der Waals surface area contributed by atoms with Crippen molar-refractivity contribution in [3.05, 3.63) is 22.1 Å². The van der Waals surface area contributed by atoms with E-state index in [1.165, 1.54) is 6.42 Å². The van der Waals surface area contributed by atoms with Crippen molar-refractivity contribution in [2.24, 2.45) is 14.1 Å². The lowest BCUT2D eigenvalue weighted by atomic mass is 10.1. The second kappa shape index (κ2) is 3.03. The number of aromatic nitrogens is 2. The maximum absolute atomic E-state index is 11.3. The fraction of sp³-hybridized carbons (Fsp3) is 0.667. The van der Waals surface area contributed by atoms with Crippen molar-refractivity contribution in [1.29, 1.82) is 0 Å². The highest BCUT2D eigenvalue weighted by atomic mass is 16.1. The van der Waals surface area contributed by atoms with Gasteiger partial charge in [-0.1, -0.05) is 0 Å². The Morgan fingerprint density at radius 1 is 1.46 bits per heavy atom. The molecule has 1 N–H and O–H groups in total. The lowest BCUT2D eigenvalue weighted by molar-refractivity contribution is 0.510.